The third kappa shape index (κ3) is 3.02. The molecule has 1 amide bonds. The topological polar surface area (TPSA) is 75.4 Å². The van der Waals surface area contributed by atoms with Crippen LogP contribution in [0.2, 0.25) is 0 Å². The number of carbonyl (C=O) groups excluding carboxylic acids is 1. The number of rotatable bonds is 4. The van der Waals surface area contributed by atoms with Gasteiger partial charge in [0.25, 0.3) is 0 Å². The van der Waals surface area contributed by atoms with E-state index in [4.69, 9.17) is 4.52 Å². The lowest BCUT2D eigenvalue weighted by Gasteiger charge is -2.04. The molecule has 2 aromatic carbocycles. The molecule has 106 valence electrons. The average Bonchev–Trinajstić information content (AvgIpc) is 2.90. The van der Waals surface area contributed by atoms with Gasteiger partial charge in [-0.3, -0.25) is 4.79 Å². The first kappa shape index (κ1) is 13.2. The number of benzene rings is 2. The number of fused-ring (bicyclic) bond motifs is 1. The summed E-state index contributed by atoms with van der Waals surface area (Å²) in [7, 11) is 0. The Hall–Kier alpha value is -2.82. The second-order valence-electron chi connectivity index (χ2n) is 4.75. The van der Waals surface area contributed by atoms with Crippen LogP contribution in [0.25, 0.3) is 11.0 Å². The summed E-state index contributed by atoms with van der Waals surface area (Å²) in [5.41, 5.74) is 2.24. The van der Waals surface area contributed by atoms with Crippen LogP contribution < -0.4 is 5.32 Å². The van der Waals surface area contributed by atoms with Crippen LogP contribution in [-0.4, -0.2) is 16.2 Å². The molecular formula is C16H14N2O3. The molecule has 5 nitrogen and oxygen atoms in total. The van der Waals surface area contributed by atoms with Crippen molar-refractivity contribution >= 4 is 16.9 Å². The average molecular weight is 282 g/mol. The van der Waals surface area contributed by atoms with Crippen molar-refractivity contribution in [2.45, 2.75) is 13.0 Å². The van der Waals surface area contributed by atoms with E-state index in [1.807, 2.05) is 24.3 Å². The van der Waals surface area contributed by atoms with Gasteiger partial charge in [-0.1, -0.05) is 29.4 Å². The van der Waals surface area contributed by atoms with Crippen molar-refractivity contribution in [3.05, 3.63) is 59.8 Å². The zero-order valence-electron chi connectivity index (χ0n) is 11.2. The molecule has 1 aromatic heterocycles. The lowest BCUT2D eigenvalue weighted by molar-refractivity contribution is -0.120. The normalized spacial score (nSPS) is 10.7. The van der Waals surface area contributed by atoms with Gasteiger partial charge in [-0.2, -0.15) is 0 Å². The molecule has 0 radical (unpaired) electrons. The molecule has 0 aliphatic rings. The number of hydrogen-bond acceptors (Lipinski definition) is 4. The third-order valence-electron chi connectivity index (χ3n) is 3.21. The number of aromatic hydroxyl groups is 1. The summed E-state index contributed by atoms with van der Waals surface area (Å²) in [6.07, 6.45) is 0.176. The summed E-state index contributed by atoms with van der Waals surface area (Å²) in [5, 5.41) is 16.8. The van der Waals surface area contributed by atoms with Gasteiger partial charge < -0.3 is 14.9 Å². The number of phenolic OH excluding ortho intramolecular Hbond substituents is 1. The molecule has 1 heterocycles. The minimum Gasteiger partial charge on any atom is -0.508 e. The smallest absolute Gasteiger partial charge is 0.226 e. The van der Waals surface area contributed by atoms with Gasteiger partial charge in [0.1, 0.15) is 11.4 Å². The number of amides is 1. The van der Waals surface area contributed by atoms with Crippen molar-refractivity contribution in [2.75, 3.05) is 0 Å². The first-order valence-electron chi connectivity index (χ1n) is 6.60. The van der Waals surface area contributed by atoms with Crippen LogP contribution in [-0.2, 0) is 17.8 Å². The Kier molecular flexibility index (Phi) is 3.55. The molecule has 0 aliphatic heterocycles. The van der Waals surface area contributed by atoms with Gasteiger partial charge in [0.2, 0.25) is 5.91 Å². The highest BCUT2D eigenvalue weighted by molar-refractivity contribution is 5.86. The van der Waals surface area contributed by atoms with E-state index in [1.54, 1.807) is 24.3 Å². The Labute approximate surface area is 121 Å². The number of phenols is 1. The lowest BCUT2D eigenvalue weighted by Crippen LogP contribution is -2.24. The van der Waals surface area contributed by atoms with Gasteiger partial charge in [0, 0.05) is 11.9 Å². The quantitative estimate of drug-likeness (QED) is 0.770. The molecule has 2 N–H and O–H groups in total. The van der Waals surface area contributed by atoms with Crippen molar-refractivity contribution in [2.24, 2.45) is 0 Å². The molecule has 3 aromatic rings. The molecular weight excluding hydrogens is 268 g/mol. The minimum atomic E-state index is -0.123. The summed E-state index contributed by atoms with van der Waals surface area (Å²) < 4.78 is 5.17. The molecule has 0 unspecified atom stereocenters. The van der Waals surface area contributed by atoms with E-state index in [-0.39, 0.29) is 18.1 Å². The lowest BCUT2D eigenvalue weighted by atomic mass is 10.1. The first-order valence-corrected chi connectivity index (χ1v) is 6.60. The fraction of sp³-hybridized carbons (Fsp3) is 0.125. The van der Waals surface area contributed by atoms with Crippen LogP contribution in [0.15, 0.2) is 53.1 Å². The molecule has 0 atom stereocenters. The van der Waals surface area contributed by atoms with Crippen LogP contribution in [0.4, 0.5) is 0 Å². The number of nitrogens with zero attached hydrogens (tertiary/aromatic N) is 1. The van der Waals surface area contributed by atoms with Crippen molar-refractivity contribution in [3.63, 3.8) is 0 Å². The standard InChI is InChI=1S/C16H14N2O3/c19-12-7-5-11(6-8-12)10-17-16(20)9-14-13-3-1-2-4-15(13)21-18-14/h1-8,19H,9-10H2,(H,17,20). The minimum absolute atomic E-state index is 0.123. The monoisotopic (exact) mass is 282 g/mol. The highest BCUT2D eigenvalue weighted by atomic mass is 16.5. The zero-order valence-corrected chi connectivity index (χ0v) is 11.2. The van der Waals surface area contributed by atoms with E-state index in [0.29, 0.717) is 17.8 Å². The van der Waals surface area contributed by atoms with Gasteiger partial charge in [-0.15, -0.1) is 0 Å². The maximum absolute atomic E-state index is 12.0. The molecule has 21 heavy (non-hydrogen) atoms. The third-order valence-corrected chi connectivity index (χ3v) is 3.21. The Morgan fingerprint density at radius 3 is 2.71 bits per heavy atom. The number of nitrogens with one attached hydrogen (secondary N) is 1. The highest BCUT2D eigenvalue weighted by Gasteiger charge is 2.11. The van der Waals surface area contributed by atoms with Gasteiger partial charge >= 0.3 is 0 Å². The molecule has 0 saturated carbocycles. The van der Waals surface area contributed by atoms with Crippen LogP contribution in [0, 0.1) is 0 Å². The number of para-hydroxylation sites is 1. The van der Waals surface area contributed by atoms with Crippen LogP contribution in [0.1, 0.15) is 11.3 Å². The van der Waals surface area contributed by atoms with Gasteiger partial charge in [0.15, 0.2) is 5.58 Å². The Balaban J connectivity index is 1.62. The van der Waals surface area contributed by atoms with Crippen molar-refractivity contribution < 1.29 is 14.4 Å². The van der Waals surface area contributed by atoms with Crippen LogP contribution >= 0.6 is 0 Å². The highest BCUT2D eigenvalue weighted by Crippen LogP contribution is 2.18. The summed E-state index contributed by atoms with van der Waals surface area (Å²) in [6, 6.07) is 14.2. The second-order valence-corrected chi connectivity index (χ2v) is 4.75. The Morgan fingerprint density at radius 2 is 1.90 bits per heavy atom. The molecule has 0 aliphatic carbocycles. The van der Waals surface area contributed by atoms with Crippen molar-refractivity contribution in [3.8, 4) is 5.75 Å². The molecule has 3 rings (SSSR count). The fourth-order valence-electron chi connectivity index (χ4n) is 2.09. The maximum Gasteiger partial charge on any atom is 0.226 e. The summed E-state index contributed by atoms with van der Waals surface area (Å²) in [5.74, 6) is 0.0845. The van der Waals surface area contributed by atoms with Gasteiger partial charge in [-0.25, -0.2) is 0 Å². The van der Waals surface area contributed by atoms with E-state index in [9.17, 15) is 9.90 Å². The summed E-state index contributed by atoms with van der Waals surface area (Å²) >= 11 is 0. The molecule has 0 spiro atoms. The van der Waals surface area contributed by atoms with Crippen molar-refractivity contribution in [1.29, 1.82) is 0 Å². The summed E-state index contributed by atoms with van der Waals surface area (Å²) in [4.78, 5) is 12.0. The predicted octanol–water partition coefficient (Wildman–Crippen LogP) is 2.39. The largest absolute Gasteiger partial charge is 0.508 e. The van der Waals surface area contributed by atoms with E-state index in [1.165, 1.54) is 0 Å². The Bertz CT molecular complexity index is 763. The molecule has 5 heteroatoms. The predicted molar refractivity (Wildman–Crippen MR) is 77.7 cm³/mol. The van der Waals surface area contributed by atoms with Crippen LogP contribution in [0.5, 0.6) is 5.75 Å². The number of hydrogen-bond donors (Lipinski definition) is 2. The SMILES string of the molecule is O=C(Cc1noc2ccccc12)NCc1ccc(O)cc1. The molecule has 0 saturated heterocycles. The van der Waals surface area contributed by atoms with Gasteiger partial charge in [-0.05, 0) is 29.8 Å². The fourth-order valence-corrected chi connectivity index (χ4v) is 2.09. The Morgan fingerprint density at radius 1 is 1.14 bits per heavy atom. The van der Waals surface area contributed by atoms with E-state index in [0.717, 1.165) is 10.9 Å². The number of aromatic nitrogens is 1. The molecule has 0 bridgehead atoms. The van der Waals surface area contributed by atoms with E-state index in [2.05, 4.69) is 10.5 Å². The summed E-state index contributed by atoms with van der Waals surface area (Å²) in [6.45, 7) is 0.412. The molecule has 0 fully saturated rings. The first-order chi connectivity index (χ1) is 10.2. The van der Waals surface area contributed by atoms with Crippen LogP contribution in [0.3, 0.4) is 0 Å². The van der Waals surface area contributed by atoms with E-state index < -0.39 is 0 Å². The van der Waals surface area contributed by atoms with Crippen molar-refractivity contribution in [1.82, 2.24) is 10.5 Å². The van der Waals surface area contributed by atoms with E-state index >= 15 is 0 Å². The van der Waals surface area contributed by atoms with Gasteiger partial charge in [0.05, 0.1) is 6.42 Å². The number of carbonyl (C=O) groups is 1. The zero-order chi connectivity index (χ0) is 14.7. The maximum atomic E-state index is 12.0. The second kappa shape index (κ2) is 5.66.